The molecule has 3 aromatic heterocycles. The molecule has 0 atom stereocenters. The topological polar surface area (TPSA) is 60.9 Å². The Hall–Kier alpha value is -3.25. The van der Waals surface area contributed by atoms with Gasteiger partial charge in [0.15, 0.2) is 17.1 Å². The molecule has 0 amide bonds. The van der Waals surface area contributed by atoms with E-state index >= 15 is 0 Å². The van der Waals surface area contributed by atoms with Crippen LogP contribution in [0.2, 0.25) is 5.02 Å². The lowest BCUT2D eigenvalue weighted by molar-refractivity contribution is 0.885. The summed E-state index contributed by atoms with van der Waals surface area (Å²) in [6, 6.07) is 13.8. The van der Waals surface area contributed by atoms with Crippen LogP contribution in [0.5, 0.6) is 0 Å². The molecule has 0 saturated carbocycles. The van der Waals surface area contributed by atoms with E-state index in [1.165, 1.54) is 5.56 Å². The highest BCUT2D eigenvalue weighted by atomic mass is 35.5. The highest BCUT2D eigenvalue weighted by molar-refractivity contribution is 6.33. The number of fused-ring (bicyclic) bond motifs is 3. The second-order valence-corrected chi connectivity index (χ2v) is 6.93. The molecule has 0 fully saturated rings. The van der Waals surface area contributed by atoms with Gasteiger partial charge in [-0.15, -0.1) is 10.2 Å². The van der Waals surface area contributed by atoms with Crippen LogP contribution in [0, 0.1) is 13.8 Å². The number of aryl methyl sites for hydroxylation is 2. The fraction of sp³-hybridized carbons (Fsp3) is 0.100. The van der Waals surface area contributed by atoms with Crippen molar-refractivity contribution in [3.63, 3.8) is 0 Å². The maximum atomic E-state index is 6.33. The zero-order chi connectivity index (χ0) is 18.5. The van der Waals surface area contributed by atoms with Crippen LogP contribution in [0.1, 0.15) is 11.1 Å². The maximum absolute atomic E-state index is 6.33. The van der Waals surface area contributed by atoms with Crippen LogP contribution in [0.25, 0.3) is 33.8 Å². The van der Waals surface area contributed by atoms with E-state index in [1.54, 1.807) is 12.5 Å². The lowest BCUT2D eigenvalue weighted by atomic mass is 10.1. The molecule has 0 unspecified atom stereocenters. The van der Waals surface area contributed by atoms with Crippen molar-refractivity contribution in [2.75, 3.05) is 0 Å². The standard InChI is InChI=1S/C20H15ClN6/c1-12-7-8-17(13(2)9-12)27-18-15(10-23-27)20-25-24-19(26(20)11-22-18)14-5-3-4-6-16(14)21/h3-11H,1-2H3. The van der Waals surface area contributed by atoms with Crippen LogP contribution >= 0.6 is 11.6 Å². The van der Waals surface area contributed by atoms with Crippen LogP contribution in [0.3, 0.4) is 0 Å². The van der Waals surface area contributed by atoms with E-state index in [4.69, 9.17) is 11.6 Å². The van der Waals surface area contributed by atoms with Gasteiger partial charge in [0, 0.05) is 5.56 Å². The molecule has 0 aliphatic heterocycles. The molecular formula is C20H15ClN6. The summed E-state index contributed by atoms with van der Waals surface area (Å²) in [6.07, 6.45) is 3.50. The largest absolute Gasteiger partial charge is 0.264 e. The quantitative estimate of drug-likeness (QED) is 0.459. The van der Waals surface area contributed by atoms with Crippen LogP contribution in [-0.2, 0) is 0 Å². The third kappa shape index (κ3) is 2.41. The maximum Gasteiger partial charge on any atom is 0.175 e. The number of aromatic nitrogens is 6. The highest BCUT2D eigenvalue weighted by Gasteiger charge is 2.17. The Labute approximate surface area is 160 Å². The molecule has 5 aromatic rings. The van der Waals surface area contributed by atoms with Crippen LogP contribution in [0.4, 0.5) is 0 Å². The van der Waals surface area contributed by atoms with Crippen molar-refractivity contribution in [1.82, 2.24) is 29.4 Å². The Morgan fingerprint density at radius 3 is 2.63 bits per heavy atom. The van der Waals surface area contributed by atoms with E-state index in [0.717, 1.165) is 27.8 Å². The molecule has 27 heavy (non-hydrogen) atoms. The predicted octanol–water partition coefficient (Wildman–Crippen LogP) is 4.40. The van der Waals surface area contributed by atoms with Gasteiger partial charge in [-0.2, -0.15) is 5.10 Å². The van der Waals surface area contributed by atoms with Crippen molar-refractivity contribution in [3.8, 4) is 17.1 Å². The van der Waals surface area contributed by atoms with Gasteiger partial charge >= 0.3 is 0 Å². The molecule has 0 bridgehead atoms. The number of benzene rings is 2. The molecule has 0 aliphatic rings. The Kier molecular flexibility index (Phi) is 3.48. The van der Waals surface area contributed by atoms with Crippen molar-refractivity contribution in [1.29, 1.82) is 0 Å². The van der Waals surface area contributed by atoms with Gasteiger partial charge in [0.1, 0.15) is 6.33 Å². The van der Waals surface area contributed by atoms with E-state index in [0.29, 0.717) is 16.5 Å². The van der Waals surface area contributed by atoms with Crippen LogP contribution in [-0.4, -0.2) is 29.4 Å². The van der Waals surface area contributed by atoms with Gasteiger partial charge in [0.25, 0.3) is 0 Å². The number of hydrogen-bond donors (Lipinski definition) is 0. The predicted molar refractivity (Wildman–Crippen MR) is 105 cm³/mol. The minimum atomic E-state index is 0.623. The second-order valence-electron chi connectivity index (χ2n) is 6.53. The van der Waals surface area contributed by atoms with E-state index in [-0.39, 0.29) is 0 Å². The van der Waals surface area contributed by atoms with Gasteiger partial charge in [-0.3, -0.25) is 4.40 Å². The molecule has 0 saturated heterocycles. The number of rotatable bonds is 2. The molecular weight excluding hydrogens is 360 g/mol. The molecule has 6 nitrogen and oxygen atoms in total. The second kappa shape index (κ2) is 5.89. The summed E-state index contributed by atoms with van der Waals surface area (Å²) < 4.78 is 3.69. The zero-order valence-corrected chi connectivity index (χ0v) is 15.5. The normalized spacial score (nSPS) is 11.5. The average molecular weight is 375 g/mol. The summed E-state index contributed by atoms with van der Waals surface area (Å²) in [6.45, 7) is 4.15. The fourth-order valence-electron chi connectivity index (χ4n) is 3.37. The lowest BCUT2D eigenvalue weighted by Gasteiger charge is -2.08. The van der Waals surface area contributed by atoms with Gasteiger partial charge < -0.3 is 0 Å². The third-order valence-electron chi connectivity index (χ3n) is 4.67. The summed E-state index contributed by atoms with van der Waals surface area (Å²) in [5.74, 6) is 0.657. The van der Waals surface area contributed by atoms with Crippen molar-refractivity contribution >= 4 is 28.3 Å². The smallest absolute Gasteiger partial charge is 0.175 e. The van der Waals surface area contributed by atoms with Crippen LogP contribution in [0.15, 0.2) is 55.0 Å². The summed E-state index contributed by atoms with van der Waals surface area (Å²) >= 11 is 6.33. The first-order valence-corrected chi connectivity index (χ1v) is 8.91. The molecule has 2 aromatic carbocycles. The van der Waals surface area contributed by atoms with E-state index < -0.39 is 0 Å². The first kappa shape index (κ1) is 16.0. The number of halogens is 1. The molecule has 5 rings (SSSR count). The van der Waals surface area contributed by atoms with Crippen molar-refractivity contribution in [2.24, 2.45) is 0 Å². The molecule has 7 heteroatoms. The summed E-state index contributed by atoms with van der Waals surface area (Å²) in [4.78, 5) is 4.64. The number of hydrogen-bond acceptors (Lipinski definition) is 4. The molecule has 3 heterocycles. The van der Waals surface area contributed by atoms with Crippen molar-refractivity contribution in [2.45, 2.75) is 13.8 Å². The summed E-state index contributed by atoms with van der Waals surface area (Å²) in [5, 5.41) is 14.7. The summed E-state index contributed by atoms with van der Waals surface area (Å²) in [5.41, 5.74) is 5.61. The Morgan fingerprint density at radius 1 is 0.963 bits per heavy atom. The van der Waals surface area contributed by atoms with Crippen LogP contribution < -0.4 is 0 Å². The van der Waals surface area contributed by atoms with E-state index in [1.807, 2.05) is 33.3 Å². The number of nitrogens with zero attached hydrogens (tertiary/aromatic N) is 6. The van der Waals surface area contributed by atoms with Gasteiger partial charge in [-0.1, -0.05) is 41.4 Å². The first-order chi connectivity index (χ1) is 13.1. The van der Waals surface area contributed by atoms with E-state index in [2.05, 4.69) is 52.3 Å². The Bertz CT molecular complexity index is 1320. The third-order valence-corrected chi connectivity index (χ3v) is 5.00. The minimum Gasteiger partial charge on any atom is -0.264 e. The van der Waals surface area contributed by atoms with Gasteiger partial charge in [-0.25, -0.2) is 9.67 Å². The van der Waals surface area contributed by atoms with Gasteiger partial charge in [0.2, 0.25) is 0 Å². The SMILES string of the molecule is Cc1ccc(-n2ncc3c2ncn2c(-c4ccccc4Cl)nnc32)c(C)c1. The zero-order valence-electron chi connectivity index (χ0n) is 14.8. The average Bonchev–Trinajstić information content (AvgIpc) is 3.26. The highest BCUT2D eigenvalue weighted by Crippen LogP contribution is 2.28. The van der Waals surface area contributed by atoms with Crippen molar-refractivity contribution < 1.29 is 0 Å². The van der Waals surface area contributed by atoms with Gasteiger partial charge in [-0.05, 0) is 37.6 Å². The molecule has 0 N–H and O–H groups in total. The minimum absolute atomic E-state index is 0.623. The Balaban J connectivity index is 1.74. The molecule has 0 aliphatic carbocycles. The monoisotopic (exact) mass is 374 g/mol. The van der Waals surface area contributed by atoms with Crippen molar-refractivity contribution in [3.05, 3.63) is 71.1 Å². The molecule has 132 valence electrons. The summed E-state index contributed by atoms with van der Waals surface area (Å²) in [7, 11) is 0. The Morgan fingerprint density at radius 2 is 1.81 bits per heavy atom. The molecule has 0 radical (unpaired) electrons. The van der Waals surface area contributed by atoms with Gasteiger partial charge in [0.05, 0.1) is 22.3 Å². The first-order valence-electron chi connectivity index (χ1n) is 8.53. The fourth-order valence-corrected chi connectivity index (χ4v) is 3.59. The molecule has 0 spiro atoms. The lowest BCUT2D eigenvalue weighted by Crippen LogP contribution is -2.01. The van der Waals surface area contributed by atoms with E-state index in [9.17, 15) is 0 Å².